The van der Waals surface area contributed by atoms with Crippen LogP contribution >= 0.6 is 0 Å². The minimum atomic E-state index is 0.229. The van der Waals surface area contributed by atoms with Crippen molar-refractivity contribution in [1.82, 2.24) is 0 Å². The summed E-state index contributed by atoms with van der Waals surface area (Å²) < 4.78 is 0. The smallest absolute Gasteiger partial charge is 0.0160 e. The summed E-state index contributed by atoms with van der Waals surface area (Å²) in [4.78, 5) is 0. The van der Waals surface area contributed by atoms with Crippen LogP contribution in [0.5, 0.6) is 0 Å². The first-order valence-corrected chi connectivity index (χ1v) is 4.68. The van der Waals surface area contributed by atoms with Crippen molar-refractivity contribution >= 4 is 0 Å². The van der Waals surface area contributed by atoms with Crippen molar-refractivity contribution in [3.8, 4) is 0 Å². The van der Waals surface area contributed by atoms with Crippen molar-refractivity contribution in [3.63, 3.8) is 0 Å². The van der Waals surface area contributed by atoms with E-state index in [1.165, 1.54) is 0 Å². The standard InChI is InChI=1S/C13H20/c1-5-9-13(10-6-2,11-7-3)12-8-4/h5-8H,1-4,9-12H2. The minimum absolute atomic E-state index is 0.229. The molecule has 0 fully saturated rings. The number of rotatable bonds is 8. The molecule has 0 aromatic rings. The van der Waals surface area contributed by atoms with Crippen LogP contribution in [0.3, 0.4) is 0 Å². The maximum absolute atomic E-state index is 3.79. The van der Waals surface area contributed by atoms with E-state index in [1.807, 2.05) is 24.3 Å². The molecular formula is C13H20. The molecule has 0 aromatic heterocycles. The van der Waals surface area contributed by atoms with Gasteiger partial charge in [-0.2, -0.15) is 0 Å². The third-order valence-electron chi connectivity index (χ3n) is 2.31. The first-order chi connectivity index (χ1) is 6.24. The molecule has 0 aromatic carbocycles. The first-order valence-electron chi connectivity index (χ1n) is 4.68. The molecule has 72 valence electrons. The number of hydrogen-bond acceptors (Lipinski definition) is 0. The van der Waals surface area contributed by atoms with Crippen LogP contribution in [0.25, 0.3) is 0 Å². The van der Waals surface area contributed by atoms with Crippen molar-refractivity contribution in [1.29, 1.82) is 0 Å². The molecule has 0 saturated carbocycles. The summed E-state index contributed by atoms with van der Waals surface area (Å²) >= 11 is 0. The zero-order chi connectivity index (χ0) is 10.2. The van der Waals surface area contributed by atoms with Crippen LogP contribution in [0.1, 0.15) is 25.7 Å². The summed E-state index contributed by atoms with van der Waals surface area (Å²) in [5, 5.41) is 0. The molecule has 0 aliphatic heterocycles. The first kappa shape index (κ1) is 12.0. The predicted molar refractivity (Wildman–Crippen MR) is 61.7 cm³/mol. The molecule has 0 saturated heterocycles. The lowest BCUT2D eigenvalue weighted by Gasteiger charge is -2.29. The van der Waals surface area contributed by atoms with Gasteiger partial charge in [0.25, 0.3) is 0 Å². The van der Waals surface area contributed by atoms with Crippen molar-refractivity contribution in [2.75, 3.05) is 0 Å². The van der Waals surface area contributed by atoms with Crippen LogP contribution < -0.4 is 0 Å². The van der Waals surface area contributed by atoms with Crippen molar-refractivity contribution in [2.45, 2.75) is 25.7 Å². The second kappa shape index (κ2) is 6.47. The minimum Gasteiger partial charge on any atom is -0.103 e. The topological polar surface area (TPSA) is 0 Å². The highest BCUT2D eigenvalue weighted by Gasteiger charge is 2.23. The van der Waals surface area contributed by atoms with E-state index in [-0.39, 0.29) is 5.41 Å². The zero-order valence-electron chi connectivity index (χ0n) is 8.47. The van der Waals surface area contributed by atoms with E-state index >= 15 is 0 Å². The van der Waals surface area contributed by atoms with Crippen LogP contribution in [0.4, 0.5) is 0 Å². The monoisotopic (exact) mass is 176 g/mol. The van der Waals surface area contributed by atoms with Crippen LogP contribution in [-0.4, -0.2) is 0 Å². The van der Waals surface area contributed by atoms with Gasteiger partial charge in [0.05, 0.1) is 0 Å². The second-order valence-corrected chi connectivity index (χ2v) is 3.47. The van der Waals surface area contributed by atoms with Gasteiger partial charge >= 0.3 is 0 Å². The van der Waals surface area contributed by atoms with Gasteiger partial charge in [-0.15, -0.1) is 26.3 Å². The molecule has 0 rings (SSSR count). The molecule has 13 heavy (non-hydrogen) atoms. The molecule has 0 amide bonds. The maximum atomic E-state index is 3.79. The van der Waals surface area contributed by atoms with Gasteiger partial charge in [0.15, 0.2) is 0 Å². The Hall–Kier alpha value is -1.04. The quantitative estimate of drug-likeness (QED) is 0.484. The molecule has 0 N–H and O–H groups in total. The van der Waals surface area contributed by atoms with Gasteiger partial charge in [-0.25, -0.2) is 0 Å². The Kier molecular flexibility index (Phi) is 5.96. The third kappa shape index (κ3) is 3.93. The number of hydrogen-bond donors (Lipinski definition) is 0. The van der Waals surface area contributed by atoms with Crippen LogP contribution in [-0.2, 0) is 0 Å². The Morgan fingerprint density at radius 2 is 0.846 bits per heavy atom. The van der Waals surface area contributed by atoms with Gasteiger partial charge in [-0.05, 0) is 31.1 Å². The Labute approximate surface area is 82.4 Å². The van der Waals surface area contributed by atoms with E-state index in [0.29, 0.717) is 0 Å². The summed E-state index contributed by atoms with van der Waals surface area (Å²) in [6.07, 6.45) is 11.9. The summed E-state index contributed by atoms with van der Waals surface area (Å²) in [6.45, 7) is 15.2. The van der Waals surface area contributed by atoms with Gasteiger partial charge in [0, 0.05) is 0 Å². The summed E-state index contributed by atoms with van der Waals surface area (Å²) in [5.41, 5.74) is 0.229. The van der Waals surface area contributed by atoms with Gasteiger partial charge in [0.2, 0.25) is 0 Å². The fraction of sp³-hybridized carbons (Fsp3) is 0.385. The van der Waals surface area contributed by atoms with Gasteiger partial charge < -0.3 is 0 Å². The lowest BCUT2D eigenvalue weighted by atomic mass is 9.75. The molecule has 0 unspecified atom stereocenters. The largest absolute Gasteiger partial charge is 0.103 e. The zero-order valence-corrected chi connectivity index (χ0v) is 8.47. The summed E-state index contributed by atoms with van der Waals surface area (Å²) in [5.74, 6) is 0. The second-order valence-electron chi connectivity index (χ2n) is 3.47. The highest BCUT2D eigenvalue weighted by molar-refractivity contribution is 4.98. The highest BCUT2D eigenvalue weighted by atomic mass is 14.3. The van der Waals surface area contributed by atoms with E-state index in [9.17, 15) is 0 Å². The molecule has 0 heterocycles. The van der Waals surface area contributed by atoms with Gasteiger partial charge in [-0.1, -0.05) is 24.3 Å². The fourth-order valence-electron chi connectivity index (χ4n) is 1.72. The molecule has 0 aliphatic rings. The summed E-state index contributed by atoms with van der Waals surface area (Å²) in [7, 11) is 0. The number of allylic oxidation sites excluding steroid dienone is 4. The lowest BCUT2D eigenvalue weighted by molar-refractivity contribution is 0.302. The maximum Gasteiger partial charge on any atom is -0.0160 e. The molecule has 0 bridgehead atoms. The molecular weight excluding hydrogens is 156 g/mol. The van der Waals surface area contributed by atoms with E-state index in [4.69, 9.17) is 0 Å². The van der Waals surface area contributed by atoms with E-state index in [0.717, 1.165) is 25.7 Å². The molecule has 0 spiro atoms. The molecule has 0 radical (unpaired) electrons. The predicted octanol–water partition coefficient (Wildman–Crippen LogP) is 4.28. The van der Waals surface area contributed by atoms with Crippen LogP contribution in [0, 0.1) is 5.41 Å². The highest BCUT2D eigenvalue weighted by Crippen LogP contribution is 2.36. The molecule has 0 atom stereocenters. The summed E-state index contributed by atoms with van der Waals surface area (Å²) in [6, 6.07) is 0. The van der Waals surface area contributed by atoms with E-state index in [1.54, 1.807) is 0 Å². The fourth-order valence-corrected chi connectivity index (χ4v) is 1.72. The molecule has 0 aliphatic carbocycles. The van der Waals surface area contributed by atoms with E-state index < -0.39 is 0 Å². The average Bonchev–Trinajstić information content (AvgIpc) is 2.06. The Morgan fingerprint density at radius 3 is 1.00 bits per heavy atom. The lowest BCUT2D eigenvalue weighted by Crippen LogP contribution is -2.17. The van der Waals surface area contributed by atoms with Crippen molar-refractivity contribution < 1.29 is 0 Å². The van der Waals surface area contributed by atoms with Crippen LogP contribution in [0.15, 0.2) is 50.6 Å². The SMILES string of the molecule is C=CCC(CC=C)(CC=C)CC=C. The van der Waals surface area contributed by atoms with Gasteiger partial charge in [-0.3, -0.25) is 0 Å². The van der Waals surface area contributed by atoms with Crippen molar-refractivity contribution in [3.05, 3.63) is 50.6 Å². The molecule has 0 nitrogen and oxygen atoms in total. The van der Waals surface area contributed by atoms with E-state index in [2.05, 4.69) is 26.3 Å². The Morgan fingerprint density at radius 1 is 0.615 bits per heavy atom. The third-order valence-corrected chi connectivity index (χ3v) is 2.31. The normalized spacial score (nSPS) is 10.5. The van der Waals surface area contributed by atoms with Crippen LogP contribution in [0.2, 0.25) is 0 Å². The molecule has 0 heteroatoms. The van der Waals surface area contributed by atoms with Gasteiger partial charge in [0.1, 0.15) is 0 Å². The average molecular weight is 176 g/mol. The Bertz CT molecular complexity index is 141. The van der Waals surface area contributed by atoms with Crippen molar-refractivity contribution in [2.24, 2.45) is 5.41 Å². The Balaban J connectivity index is 4.53.